The van der Waals surface area contributed by atoms with Gasteiger partial charge >= 0.3 is 11.9 Å². The Bertz CT molecular complexity index is 1220. The lowest BCUT2D eigenvalue weighted by molar-refractivity contribution is 0.0455. The van der Waals surface area contributed by atoms with E-state index in [0.717, 1.165) is 17.6 Å². The van der Waals surface area contributed by atoms with Gasteiger partial charge in [0.1, 0.15) is 17.3 Å². The molecule has 2 aromatic carbocycles. The Hall–Kier alpha value is -2.98. The predicted octanol–water partition coefficient (Wildman–Crippen LogP) is 3.95. The van der Waals surface area contributed by atoms with Gasteiger partial charge in [-0.3, -0.25) is 4.72 Å². The van der Waals surface area contributed by atoms with Crippen molar-refractivity contribution in [3.05, 3.63) is 64.3 Å². The normalized spacial score (nSPS) is 11.3. The average molecular weight is 451 g/mol. The van der Waals surface area contributed by atoms with Crippen molar-refractivity contribution >= 4 is 49.1 Å². The Kier molecular flexibility index (Phi) is 6.37. The van der Waals surface area contributed by atoms with E-state index in [2.05, 4.69) is 4.72 Å². The molecule has 0 amide bonds. The Morgan fingerprint density at radius 3 is 2.50 bits per heavy atom. The Morgan fingerprint density at radius 1 is 1.07 bits per heavy atom. The first-order chi connectivity index (χ1) is 14.2. The molecule has 0 aliphatic carbocycles. The predicted molar refractivity (Wildman–Crippen MR) is 112 cm³/mol. The van der Waals surface area contributed by atoms with Crippen LogP contribution in [0.3, 0.4) is 0 Å². The maximum atomic E-state index is 14.4. The highest BCUT2D eigenvalue weighted by Gasteiger charge is 2.24. The van der Waals surface area contributed by atoms with Gasteiger partial charge in [-0.15, -0.1) is 11.3 Å². The van der Waals surface area contributed by atoms with Gasteiger partial charge in [0.15, 0.2) is 0 Å². The quantitative estimate of drug-likeness (QED) is 0.546. The first-order valence-electron chi connectivity index (χ1n) is 8.82. The number of benzene rings is 2. The van der Waals surface area contributed by atoms with Crippen molar-refractivity contribution in [3.8, 4) is 0 Å². The van der Waals surface area contributed by atoms with E-state index in [-0.39, 0.29) is 40.3 Å². The molecule has 0 aliphatic heterocycles. The summed E-state index contributed by atoms with van der Waals surface area (Å²) in [6, 6.07) is 10.4. The lowest BCUT2D eigenvalue weighted by Gasteiger charge is -2.11. The number of nitrogens with one attached hydrogen (secondary N) is 1. The SMILES string of the molecule is CCOC(=O)c1sc2cccc(F)c2c1COC(=O)c1ccccc1NS(C)(=O)=O. The molecule has 0 fully saturated rings. The Morgan fingerprint density at radius 2 is 1.80 bits per heavy atom. The van der Waals surface area contributed by atoms with E-state index < -0.39 is 27.8 Å². The van der Waals surface area contributed by atoms with Crippen LogP contribution in [0, 0.1) is 5.82 Å². The number of hydrogen-bond acceptors (Lipinski definition) is 7. The smallest absolute Gasteiger partial charge is 0.348 e. The third-order valence-electron chi connectivity index (χ3n) is 4.01. The van der Waals surface area contributed by atoms with Crippen LogP contribution in [0.5, 0.6) is 0 Å². The van der Waals surface area contributed by atoms with Gasteiger partial charge in [0.25, 0.3) is 0 Å². The second-order valence-corrected chi connectivity index (χ2v) is 9.04. The number of thiophene rings is 1. The fourth-order valence-corrected chi connectivity index (χ4v) is 4.53. The number of esters is 2. The summed E-state index contributed by atoms with van der Waals surface area (Å²) in [5.41, 5.74) is 0.242. The molecule has 158 valence electrons. The fourth-order valence-electron chi connectivity index (χ4n) is 2.83. The second kappa shape index (κ2) is 8.80. The molecule has 0 aliphatic rings. The van der Waals surface area contributed by atoms with Gasteiger partial charge in [-0.2, -0.15) is 0 Å². The van der Waals surface area contributed by atoms with Crippen LogP contribution in [-0.4, -0.2) is 33.2 Å². The number of carbonyl (C=O) groups is 2. The van der Waals surface area contributed by atoms with Crippen LogP contribution >= 0.6 is 11.3 Å². The van der Waals surface area contributed by atoms with Gasteiger partial charge in [-0.05, 0) is 31.2 Å². The molecule has 10 heteroatoms. The minimum Gasteiger partial charge on any atom is -0.462 e. The molecule has 0 saturated heterocycles. The molecule has 0 radical (unpaired) electrons. The highest BCUT2D eigenvalue weighted by molar-refractivity contribution is 7.92. The number of para-hydroxylation sites is 1. The van der Waals surface area contributed by atoms with Crippen molar-refractivity contribution < 1.29 is 31.9 Å². The highest BCUT2D eigenvalue weighted by atomic mass is 32.2. The van der Waals surface area contributed by atoms with Crippen LogP contribution in [0.15, 0.2) is 42.5 Å². The van der Waals surface area contributed by atoms with Gasteiger partial charge in [0.05, 0.1) is 24.1 Å². The van der Waals surface area contributed by atoms with Crippen molar-refractivity contribution in [3.63, 3.8) is 0 Å². The van der Waals surface area contributed by atoms with E-state index in [1.54, 1.807) is 25.1 Å². The second-order valence-electron chi connectivity index (χ2n) is 6.24. The zero-order valence-electron chi connectivity index (χ0n) is 16.1. The van der Waals surface area contributed by atoms with Gasteiger partial charge in [0.2, 0.25) is 10.0 Å². The summed E-state index contributed by atoms with van der Waals surface area (Å²) in [4.78, 5) is 25.1. The van der Waals surface area contributed by atoms with E-state index >= 15 is 0 Å². The summed E-state index contributed by atoms with van der Waals surface area (Å²) < 4.78 is 50.6. The summed E-state index contributed by atoms with van der Waals surface area (Å²) in [6.45, 7) is 1.40. The highest BCUT2D eigenvalue weighted by Crippen LogP contribution is 2.34. The molecular weight excluding hydrogens is 433 g/mol. The molecule has 0 bridgehead atoms. The Balaban J connectivity index is 1.94. The molecule has 3 rings (SSSR count). The third-order valence-corrected chi connectivity index (χ3v) is 5.78. The van der Waals surface area contributed by atoms with Gasteiger partial charge in [0, 0.05) is 15.6 Å². The summed E-state index contributed by atoms with van der Waals surface area (Å²) in [5.74, 6) is -2.01. The van der Waals surface area contributed by atoms with Gasteiger partial charge in [-0.25, -0.2) is 22.4 Å². The van der Waals surface area contributed by atoms with Crippen molar-refractivity contribution in [1.82, 2.24) is 0 Å². The zero-order chi connectivity index (χ0) is 21.9. The maximum absolute atomic E-state index is 14.4. The van der Waals surface area contributed by atoms with Crippen LogP contribution < -0.4 is 4.72 Å². The number of sulfonamides is 1. The molecule has 1 aromatic heterocycles. The molecule has 7 nitrogen and oxygen atoms in total. The number of rotatable bonds is 7. The molecule has 0 atom stereocenters. The minimum absolute atomic E-state index is 0.0133. The van der Waals surface area contributed by atoms with Gasteiger partial charge < -0.3 is 9.47 Å². The number of fused-ring (bicyclic) bond motifs is 1. The fraction of sp³-hybridized carbons (Fsp3) is 0.200. The van der Waals surface area contributed by atoms with E-state index in [9.17, 15) is 22.4 Å². The summed E-state index contributed by atoms with van der Waals surface area (Å²) in [6.07, 6.45) is 0.959. The zero-order valence-corrected chi connectivity index (χ0v) is 17.7. The first kappa shape index (κ1) is 21.7. The molecule has 0 unspecified atom stereocenters. The molecule has 30 heavy (non-hydrogen) atoms. The molecule has 0 spiro atoms. The standard InChI is InChI=1S/C20H18FNO6S2/c1-3-27-20(24)18-13(17-14(21)8-6-10-16(17)29-18)11-28-19(23)12-7-4-5-9-15(12)22-30(2,25)26/h4-10,22H,3,11H2,1-2H3. The van der Waals surface area contributed by atoms with Crippen molar-refractivity contribution in [2.45, 2.75) is 13.5 Å². The van der Waals surface area contributed by atoms with E-state index in [1.165, 1.54) is 24.3 Å². The number of halogens is 1. The monoisotopic (exact) mass is 451 g/mol. The lowest BCUT2D eigenvalue weighted by atomic mass is 10.1. The number of carbonyl (C=O) groups excluding carboxylic acids is 2. The van der Waals surface area contributed by atoms with Crippen molar-refractivity contribution in [1.29, 1.82) is 0 Å². The first-order valence-corrected chi connectivity index (χ1v) is 11.5. The number of hydrogen-bond donors (Lipinski definition) is 1. The largest absolute Gasteiger partial charge is 0.462 e. The van der Waals surface area contributed by atoms with Crippen LogP contribution in [0.4, 0.5) is 10.1 Å². The minimum atomic E-state index is -3.62. The van der Waals surface area contributed by atoms with E-state index in [1.807, 2.05) is 0 Å². The topological polar surface area (TPSA) is 98.8 Å². The van der Waals surface area contributed by atoms with Crippen molar-refractivity contribution in [2.75, 3.05) is 17.6 Å². The molecular formula is C20H18FNO6S2. The maximum Gasteiger partial charge on any atom is 0.348 e. The summed E-state index contributed by atoms with van der Waals surface area (Å²) in [5, 5.41) is 0.181. The summed E-state index contributed by atoms with van der Waals surface area (Å²) in [7, 11) is -3.62. The summed E-state index contributed by atoms with van der Waals surface area (Å²) >= 11 is 1.05. The third kappa shape index (κ3) is 4.77. The van der Waals surface area contributed by atoms with Crippen LogP contribution in [0.1, 0.15) is 32.5 Å². The number of ether oxygens (including phenoxy) is 2. The lowest BCUT2D eigenvalue weighted by Crippen LogP contribution is -2.15. The average Bonchev–Trinajstić information content (AvgIpc) is 3.05. The van der Waals surface area contributed by atoms with Crippen LogP contribution in [0.25, 0.3) is 10.1 Å². The molecule has 1 N–H and O–H groups in total. The number of anilines is 1. The molecule has 3 aromatic rings. The van der Waals surface area contributed by atoms with E-state index in [0.29, 0.717) is 4.70 Å². The van der Waals surface area contributed by atoms with Crippen LogP contribution in [0.2, 0.25) is 0 Å². The molecule has 0 saturated carbocycles. The molecule has 1 heterocycles. The van der Waals surface area contributed by atoms with Crippen LogP contribution in [-0.2, 0) is 26.1 Å². The van der Waals surface area contributed by atoms with Crippen molar-refractivity contribution in [2.24, 2.45) is 0 Å². The Labute approximate surface area is 176 Å². The van der Waals surface area contributed by atoms with E-state index in [4.69, 9.17) is 9.47 Å². The van der Waals surface area contributed by atoms with Gasteiger partial charge in [-0.1, -0.05) is 18.2 Å².